The van der Waals surface area contributed by atoms with Crippen LogP contribution in [0.1, 0.15) is 33.6 Å². The van der Waals surface area contributed by atoms with E-state index < -0.39 is 27.9 Å². The molecule has 0 bridgehead atoms. The number of amides is 1. The Morgan fingerprint density at radius 3 is 2.30 bits per heavy atom. The second kappa shape index (κ2) is 6.56. The Balaban J connectivity index is 2.96. The van der Waals surface area contributed by atoms with Crippen molar-refractivity contribution in [2.45, 2.75) is 45.7 Å². The highest BCUT2D eigenvalue weighted by Gasteiger charge is 2.39. The Kier molecular flexibility index (Phi) is 5.56. The molecular formula is C13H23NO5S. The standard InChI is InChI=1S/C13H23NO5S/c1-9(2)7-12(15)14(10(3)13(16)19-4)11-5-6-20(17,18)8-11/h9-11H,5-8H2,1-4H3/t10-,11-/m0/s1. The molecule has 0 aromatic rings. The lowest BCUT2D eigenvalue weighted by atomic mass is 10.1. The first-order chi connectivity index (χ1) is 9.18. The molecule has 2 atom stereocenters. The zero-order chi connectivity index (χ0) is 15.5. The van der Waals surface area contributed by atoms with Gasteiger partial charge in [0.1, 0.15) is 6.04 Å². The van der Waals surface area contributed by atoms with Gasteiger partial charge in [-0.05, 0) is 19.3 Å². The first-order valence-electron chi connectivity index (χ1n) is 6.77. The highest BCUT2D eigenvalue weighted by atomic mass is 32.2. The van der Waals surface area contributed by atoms with Crippen molar-refractivity contribution in [1.29, 1.82) is 0 Å². The molecule has 116 valence electrons. The van der Waals surface area contributed by atoms with Gasteiger partial charge in [-0.1, -0.05) is 13.8 Å². The summed E-state index contributed by atoms with van der Waals surface area (Å²) in [6.45, 7) is 5.39. The van der Waals surface area contributed by atoms with Gasteiger partial charge in [0, 0.05) is 12.5 Å². The lowest BCUT2D eigenvalue weighted by Gasteiger charge is -2.33. The maximum Gasteiger partial charge on any atom is 0.328 e. The average Bonchev–Trinajstić information content (AvgIpc) is 2.67. The number of methoxy groups -OCH3 is 1. The second-order valence-electron chi connectivity index (χ2n) is 5.65. The Morgan fingerprint density at radius 1 is 1.30 bits per heavy atom. The van der Waals surface area contributed by atoms with E-state index in [4.69, 9.17) is 0 Å². The predicted molar refractivity (Wildman–Crippen MR) is 74.8 cm³/mol. The number of hydrogen-bond acceptors (Lipinski definition) is 5. The Bertz CT molecular complexity index is 471. The molecule has 0 radical (unpaired) electrons. The van der Waals surface area contributed by atoms with Crippen molar-refractivity contribution in [3.63, 3.8) is 0 Å². The molecule has 1 aliphatic heterocycles. The van der Waals surface area contributed by atoms with Crippen molar-refractivity contribution in [2.24, 2.45) is 5.92 Å². The maximum atomic E-state index is 12.3. The summed E-state index contributed by atoms with van der Waals surface area (Å²) in [5.74, 6) is -0.575. The van der Waals surface area contributed by atoms with E-state index in [-0.39, 0.29) is 29.8 Å². The number of esters is 1. The van der Waals surface area contributed by atoms with E-state index in [9.17, 15) is 18.0 Å². The van der Waals surface area contributed by atoms with Crippen molar-refractivity contribution in [2.75, 3.05) is 18.6 Å². The number of nitrogens with zero attached hydrogens (tertiary/aromatic N) is 1. The number of rotatable bonds is 5. The Morgan fingerprint density at radius 2 is 1.90 bits per heavy atom. The van der Waals surface area contributed by atoms with Crippen LogP contribution in [0.2, 0.25) is 0 Å². The minimum atomic E-state index is -3.11. The van der Waals surface area contributed by atoms with Crippen LogP contribution < -0.4 is 0 Å². The number of carbonyl (C=O) groups excluding carboxylic acids is 2. The van der Waals surface area contributed by atoms with Gasteiger partial charge in [-0.25, -0.2) is 13.2 Å². The van der Waals surface area contributed by atoms with Gasteiger partial charge in [0.05, 0.1) is 18.6 Å². The average molecular weight is 305 g/mol. The molecule has 0 aliphatic carbocycles. The minimum Gasteiger partial charge on any atom is -0.467 e. The molecule has 0 unspecified atom stereocenters. The van der Waals surface area contributed by atoms with Crippen LogP contribution in [-0.2, 0) is 24.2 Å². The van der Waals surface area contributed by atoms with E-state index in [2.05, 4.69) is 4.74 Å². The summed E-state index contributed by atoms with van der Waals surface area (Å²) in [4.78, 5) is 25.4. The van der Waals surface area contributed by atoms with E-state index >= 15 is 0 Å². The fourth-order valence-electron chi connectivity index (χ4n) is 2.47. The molecule has 20 heavy (non-hydrogen) atoms. The third-order valence-corrected chi connectivity index (χ3v) is 5.18. The number of hydrogen-bond donors (Lipinski definition) is 0. The lowest BCUT2D eigenvalue weighted by Crippen LogP contribution is -2.50. The summed E-state index contributed by atoms with van der Waals surface area (Å²) in [6.07, 6.45) is 0.672. The highest BCUT2D eigenvalue weighted by molar-refractivity contribution is 7.91. The molecule has 0 N–H and O–H groups in total. The minimum absolute atomic E-state index is 0.0665. The maximum absolute atomic E-state index is 12.3. The summed E-state index contributed by atoms with van der Waals surface area (Å²) in [7, 11) is -1.86. The lowest BCUT2D eigenvalue weighted by molar-refractivity contribution is -0.154. The van der Waals surface area contributed by atoms with Crippen LogP contribution in [-0.4, -0.2) is 55.9 Å². The molecule has 0 saturated carbocycles. The second-order valence-corrected chi connectivity index (χ2v) is 7.88. The smallest absolute Gasteiger partial charge is 0.328 e. The molecule has 1 amide bonds. The van der Waals surface area contributed by atoms with E-state index in [0.29, 0.717) is 6.42 Å². The molecule has 1 heterocycles. The van der Waals surface area contributed by atoms with Crippen LogP contribution >= 0.6 is 0 Å². The van der Waals surface area contributed by atoms with Gasteiger partial charge in [-0.3, -0.25) is 4.79 Å². The molecule has 1 aliphatic rings. The molecule has 1 saturated heterocycles. The molecule has 6 nitrogen and oxygen atoms in total. The third-order valence-electron chi connectivity index (χ3n) is 3.43. The number of sulfone groups is 1. The molecule has 7 heteroatoms. The zero-order valence-corrected chi connectivity index (χ0v) is 13.3. The van der Waals surface area contributed by atoms with E-state index in [1.54, 1.807) is 6.92 Å². The third kappa shape index (κ3) is 4.19. The quantitative estimate of drug-likeness (QED) is 0.695. The van der Waals surface area contributed by atoms with Gasteiger partial charge in [-0.15, -0.1) is 0 Å². The number of carbonyl (C=O) groups is 2. The van der Waals surface area contributed by atoms with E-state index in [1.807, 2.05) is 13.8 Å². The van der Waals surface area contributed by atoms with Crippen molar-refractivity contribution in [3.05, 3.63) is 0 Å². The fraction of sp³-hybridized carbons (Fsp3) is 0.846. The van der Waals surface area contributed by atoms with E-state index in [0.717, 1.165) is 0 Å². The van der Waals surface area contributed by atoms with Crippen molar-refractivity contribution < 1.29 is 22.7 Å². The van der Waals surface area contributed by atoms with Gasteiger partial charge in [0.15, 0.2) is 9.84 Å². The van der Waals surface area contributed by atoms with Gasteiger partial charge in [0.2, 0.25) is 5.91 Å². The van der Waals surface area contributed by atoms with Gasteiger partial charge in [-0.2, -0.15) is 0 Å². The normalized spacial score (nSPS) is 22.6. The SMILES string of the molecule is COC(=O)[C@H](C)N(C(=O)CC(C)C)[C@H]1CCS(=O)(=O)C1. The van der Waals surface area contributed by atoms with Crippen LogP contribution in [0.4, 0.5) is 0 Å². The Labute approximate surface area is 120 Å². The van der Waals surface area contributed by atoms with Crippen LogP contribution in [0, 0.1) is 5.92 Å². The Hall–Kier alpha value is -1.11. The van der Waals surface area contributed by atoms with Crippen LogP contribution in [0.25, 0.3) is 0 Å². The van der Waals surface area contributed by atoms with E-state index in [1.165, 1.54) is 12.0 Å². The molecule has 0 aromatic carbocycles. The fourth-order valence-corrected chi connectivity index (χ4v) is 4.18. The van der Waals surface area contributed by atoms with Crippen molar-refractivity contribution >= 4 is 21.7 Å². The first kappa shape index (κ1) is 16.9. The largest absolute Gasteiger partial charge is 0.467 e. The molecule has 1 rings (SSSR count). The molecule has 0 aromatic heterocycles. The number of ether oxygens (including phenoxy) is 1. The monoisotopic (exact) mass is 305 g/mol. The summed E-state index contributed by atoms with van der Waals surface area (Å²) < 4.78 is 27.9. The van der Waals surface area contributed by atoms with Crippen LogP contribution in [0.15, 0.2) is 0 Å². The molecular weight excluding hydrogens is 282 g/mol. The van der Waals surface area contributed by atoms with Gasteiger partial charge >= 0.3 is 5.97 Å². The highest BCUT2D eigenvalue weighted by Crippen LogP contribution is 2.22. The summed E-state index contributed by atoms with van der Waals surface area (Å²) >= 11 is 0. The summed E-state index contributed by atoms with van der Waals surface area (Å²) in [5.41, 5.74) is 0. The first-order valence-corrected chi connectivity index (χ1v) is 8.59. The van der Waals surface area contributed by atoms with Crippen LogP contribution in [0.3, 0.4) is 0 Å². The van der Waals surface area contributed by atoms with Gasteiger partial charge < -0.3 is 9.64 Å². The summed E-state index contributed by atoms with van der Waals surface area (Å²) in [5, 5.41) is 0. The predicted octanol–water partition coefficient (Wildman–Crippen LogP) is 0.610. The molecule has 0 spiro atoms. The van der Waals surface area contributed by atoms with Crippen LogP contribution in [0.5, 0.6) is 0 Å². The van der Waals surface area contributed by atoms with Crippen molar-refractivity contribution in [3.8, 4) is 0 Å². The van der Waals surface area contributed by atoms with Gasteiger partial charge in [0.25, 0.3) is 0 Å². The van der Waals surface area contributed by atoms with Crippen molar-refractivity contribution in [1.82, 2.24) is 4.90 Å². The zero-order valence-electron chi connectivity index (χ0n) is 12.5. The summed E-state index contributed by atoms with van der Waals surface area (Å²) in [6, 6.07) is -1.19. The topological polar surface area (TPSA) is 80.8 Å². The molecule has 1 fully saturated rings.